The predicted molar refractivity (Wildman–Crippen MR) is 159 cm³/mol. The molecule has 10 nitrogen and oxygen atoms in total. The van der Waals surface area contributed by atoms with E-state index in [1.165, 1.54) is 9.47 Å². The Hall–Kier alpha value is -4.08. The van der Waals surface area contributed by atoms with Crippen LogP contribution in [0.4, 0.5) is 14.4 Å². The number of nitrogens with zero attached hydrogens (tertiary/aromatic N) is 4. The van der Waals surface area contributed by atoms with Gasteiger partial charge in [0.25, 0.3) is 0 Å². The van der Waals surface area contributed by atoms with Crippen LogP contribution < -0.4 is 0 Å². The van der Waals surface area contributed by atoms with E-state index in [0.29, 0.717) is 25.2 Å². The Bertz CT molecular complexity index is 1560. The second-order valence-corrected chi connectivity index (χ2v) is 13.2. The Morgan fingerprint density at radius 3 is 2.31 bits per heavy atom. The Kier molecular flexibility index (Phi) is 7.45. The van der Waals surface area contributed by atoms with Gasteiger partial charge in [-0.15, -0.1) is 0 Å². The molecule has 1 fully saturated rings. The molecule has 2 aliphatic rings. The molecule has 1 saturated heterocycles. The highest BCUT2D eigenvalue weighted by Gasteiger charge is 2.36. The average Bonchev–Trinajstić information content (AvgIpc) is 3.50. The number of fused-ring (bicyclic) bond motifs is 2. The SMILES string of the molecule is Cc1cn(C(=O)OC(C)(C)C)c2ncc(-c3cc4c(c([C@@H]5CCCN5C(=O)OC(C)(C)C)c3)CCN(C(=O)O)C4)cc12. The largest absolute Gasteiger partial charge is 0.465 e. The lowest BCUT2D eigenvalue weighted by Gasteiger charge is -2.33. The maximum absolute atomic E-state index is 13.2. The molecule has 2 amide bonds. The van der Waals surface area contributed by atoms with E-state index in [-0.39, 0.29) is 18.7 Å². The Balaban J connectivity index is 1.59. The Labute approximate surface area is 246 Å². The minimum absolute atomic E-state index is 0.170. The number of pyridine rings is 1. The van der Waals surface area contributed by atoms with Crippen molar-refractivity contribution < 1.29 is 29.0 Å². The zero-order valence-corrected chi connectivity index (χ0v) is 25.5. The zero-order chi connectivity index (χ0) is 30.6. The molecule has 2 aromatic heterocycles. The highest BCUT2D eigenvalue weighted by atomic mass is 16.6. The second kappa shape index (κ2) is 10.6. The van der Waals surface area contributed by atoms with Gasteiger partial charge >= 0.3 is 18.3 Å². The first-order valence-electron chi connectivity index (χ1n) is 14.5. The first-order valence-corrected chi connectivity index (χ1v) is 14.5. The van der Waals surface area contributed by atoms with Gasteiger partial charge in [0.15, 0.2) is 0 Å². The molecule has 0 unspecified atom stereocenters. The first kappa shape index (κ1) is 29.4. The molecule has 0 saturated carbocycles. The van der Waals surface area contributed by atoms with Gasteiger partial charge in [0.2, 0.25) is 0 Å². The molecule has 3 aromatic rings. The van der Waals surface area contributed by atoms with Crippen LogP contribution >= 0.6 is 0 Å². The molecular weight excluding hydrogens is 536 g/mol. The van der Waals surface area contributed by atoms with Crippen molar-refractivity contribution in [3.8, 4) is 11.1 Å². The van der Waals surface area contributed by atoms with E-state index in [1.54, 1.807) is 17.3 Å². The van der Waals surface area contributed by atoms with Crippen LogP contribution in [-0.2, 0) is 22.4 Å². The fraction of sp³-hybridized carbons (Fsp3) is 0.500. The number of carbonyl (C=O) groups excluding carboxylic acids is 2. The summed E-state index contributed by atoms with van der Waals surface area (Å²) in [6.07, 6.45) is 3.91. The van der Waals surface area contributed by atoms with Crippen LogP contribution in [0.5, 0.6) is 0 Å². The summed E-state index contributed by atoms with van der Waals surface area (Å²) in [6, 6.07) is 5.98. The average molecular weight is 577 g/mol. The van der Waals surface area contributed by atoms with Crippen LogP contribution in [0.2, 0.25) is 0 Å². The van der Waals surface area contributed by atoms with Gasteiger partial charge in [-0.05, 0) is 114 Å². The quantitative estimate of drug-likeness (QED) is 0.353. The normalized spacial score (nSPS) is 17.4. The molecule has 42 heavy (non-hydrogen) atoms. The molecule has 5 rings (SSSR count). The lowest BCUT2D eigenvalue weighted by molar-refractivity contribution is 0.0223. The molecule has 1 atom stereocenters. The summed E-state index contributed by atoms with van der Waals surface area (Å²) in [7, 11) is 0. The van der Waals surface area contributed by atoms with Crippen molar-refractivity contribution in [3.63, 3.8) is 0 Å². The Morgan fingerprint density at radius 2 is 1.64 bits per heavy atom. The molecule has 0 aliphatic carbocycles. The number of benzene rings is 1. The van der Waals surface area contributed by atoms with Crippen LogP contribution in [-0.4, -0.2) is 67.0 Å². The number of hydrogen-bond acceptors (Lipinski definition) is 6. The number of aryl methyl sites for hydroxylation is 1. The van der Waals surface area contributed by atoms with Gasteiger partial charge in [-0.1, -0.05) is 0 Å². The number of amides is 2. The first-order chi connectivity index (χ1) is 19.6. The molecular formula is C32H40N4O6. The topological polar surface area (TPSA) is 114 Å². The van der Waals surface area contributed by atoms with E-state index in [0.717, 1.165) is 51.6 Å². The summed E-state index contributed by atoms with van der Waals surface area (Å²) < 4.78 is 12.7. The highest BCUT2D eigenvalue weighted by Crippen LogP contribution is 2.40. The van der Waals surface area contributed by atoms with Gasteiger partial charge in [0, 0.05) is 43.0 Å². The van der Waals surface area contributed by atoms with E-state index < -0.39 is 23.4 Å². The third kappa shape index (κ3) is 5.93. The summed E-state index contributed by atoms with van der Waals surface area (Å²) in [6.45, 7) is 14.3. The number of ether oxygens (including phenoxy) is 2. The number of rotatable bonds is 2. The van der Waals surface area contributed by atoms with Crippen LogP contribution in [0.25, 0.3) is 22.2 Å². The summed E-state index contributed by atoms with van der Waals surface area (Å²) in [5.74, 6) is 0. The standard InChI is InChI=1S/C32H40N4O6/c1-19-17-36(30(40)42-32(5,6)7)27-24(19)15-21(16-33-27)20-13-22-18-34(28(37)38)12-10-23(22)25(14-20)26-9-8-11-35(26)29(39)41-31(2,3)4/h13-17,26H,8-12,18H2,1-7H3,(H,37,38)/t26-/m0/s1. The zero-order valence-electron chi connectivity index (χ0n) is 25.5. The molecule has 1 aromatic carbocycles. The molecule has 0 radical (unpaired) electrons. The van der Waals surface area contributed by atoms with Gasteiger partial charge in [0.1, 0.15) is 16.8 Å². The molecule has 10 heteroatoms. The maximum atomic E-state index is 13.2. The van der Waals surface area contributed by atoms with Crippen LogP contribution in [0.1, 0.15) is 82.7 Å². The fourth-order valence-corrected chi connectivity index (χ4v) is 5.86. The molecule has 4 heterocycles. The third-order valence-corrected chi connectivity index (χ3v) is 7.65. The van der Waals surface area contributed by atoms with Gasteiger partial charge in [-0.3, -0.25) is 0 Å². The summed E-state index contributed by atoms with van der Waals surface area (Å²) >= 11 is 0. The second-order valence-electron chi connectivity index (χ2n) is 13.2. The number of carbonyl (C=O) groups is 3. The number of carboxylic acid groups (broad SMARTS) is 1. The van der Waals surface area contributed by atoms with Crippen LogP contribution in [0.15, 0.2) is 30.6 Å². The van der Waals surface area contributed by atoms with Gasteiger partial charge < -0.3 is 24.4 Å². The smallest absolute Gasteiger partial charge is 0.420 e. The molecule has 0 bridgehead atoms. The van der Waals surface area contributed by atoms with E-state index in [2.05, 4.69) is 11.1 Å². The van der Waals surface area contributed by atoms with Crippen molar-refractivity contribution in [1.29, 1.82) is 0 Å². The van der Waals surface area contributed by atoms with Gasteiger partial charge in [-0.25, -0.2) is 23.9 Å². The summed E-state index contributed by atoms with van der Waals surface area (Å²) in [5, 5.41) is 10.5. The van der Waals surface area contributed by atoms with Crippen molar-refractivity contribution in [2.75, 3.05) is 13.1 Å². The van der Waals surface area contributed by atoms with Crippen molar-refractivity contribution in [2.24, 2.45) is 0 Å². The maximum Gasteiger partial charge on any atom is 0.420 e. The lowest BCUT2D eigenvalue weighted by atomic mass is 9.86. The minimum atomic E-state index is -0.953. The number of hydrogen-bond donors (Lipinski definition) is 1. The summed E-state index contributed by atoms with van der Waals surface area (Å²) in [5.41, 5.74) is 4.91. The fourth-order valence-electron chi connectivity index (χ4n) is 5.86. The minimum Gasteiger partial charge on any atom is -0.465 e. The van der Waals surface area contributed by atoms with E-state index in [9.17, 15) is 19.5 Å². The molecule has 224 valence electrons. The lowest BCUT2D eigenvalue weighted by Crippen LogP contribution is -2.38. The van der Waals surface area contributed by atoms with E-state index in [1.807, 2.05) is 60.6 Å². The third-order valence-electron chi connectivity index (χ3n) is 7.65. The Morgan fingerprint density at radius 1 is 0.952 bits per heavy atom. The highest BCUT2D eigenvalue weighted by molar-refractivity contribution is 5.91. The van der Waals surface area contributed by atoms with E-state index >= 15 is 0 Å². The van der Waals surface area contributed by atoms with Crippen molar-refractivity contribution in [1.82, 2.24) is 19.4 Å². The van der Waals surface area contributed by atoms with Crippen molar-refractivity contribution in [3.05, 3.63) is 52.8 Å². The number of aromatic nitrogens is 2. The molecule has 1 N–H and O–H groups in total. The van der Waals surface area contributed by atoms with Crippen molar-refractivity contribution in [2.45, 2.75) is 91.5 Å². The molecule has 2 aliphatic heterocycles. The van der Waals surface area contributed by atoms with E-state index in [4.69, 9.17) is 9.47 Å². The molecule has 0 spiro atoms. The van der Waals surface area contributed by atoms with Crippen molar-refractivity contribution >= 4 is 29.3 Å². The van der Waals surface area contributed by atoms with Gasteiger partial charge in [0.05, 0.1) is 6.04 Å². The summed E-state index contributed by atoms with van der Waals surface area (Å²) in [4.78, 5) is 45.8. The van der Waals surface area contributed by atoms with Crippen LogP contribution in [0.3, 0.4) is 0 Å². The monoisotopic (exact) mass is 576 g/mol. The van der Waals surface area contributed by atoms with Gasteiger partial charge in [-0.2, -0.15) is 0 Å². The van der Waals surface area contributed by atoms with Crippen LogP contribution in [0, 0.1) is 6.92 Å². The predicted octanol–water partition coefficient (Wildman–Crippen LogP) is 6.90. The number of likely N-dealkylation sites (tertiary alicyclic amines) is 1.